The Kier molecular flexibility index (Phi) is 5.90. The Morgan fingerprint density at radius 2 is 2.22 bits per heavy atom. The number of aryl methyl sites for hydroxylation is 1. The lowest BCUT2D eigenvalue weighted by atomic mass is 10.2. The molecule has 2 rings (SSSR count). The van der Waals surface area contributed by atoms with E-state index in [-0.39, 0.29) is 17.6 Å². The van der Waals surface area contributed by atoms with Gasteiger partial charge in [0.15, 0.2) is 0 Å². The van der Waals surface area contributed by atoms with Crippen LogP contribution in [0, 0.1) is 6.92 Å². The highest BCUT2D eigenvalue weighted by Crippen LogP contribution is 2.31. The summed E-state index contributed by atoms with van der Waals surface area (Å²) in [5.41, 5.74) is 1.46. The Bertz CT molecular complexity index is 703. The fourth-order valence-corrected chi connectivity index (χ4v) is 2.59. The third-order valence-corrected chi connectivity index (χ3v) is 4.37. The number of aromatic nitrogens is 3. The number of carbonyl (C=O) groups is 1. The molecule has 0 unspecified atom stereocenters. The minimum atomic E-state index is -0.161. The molecule has 0 bridgehead atoms. The van der Waals surface area contributed by atoms with Gasteiger partial charge in [0.2, 0.25) is 11.1 Å². The van der Waals surface area contributed by atoms with Crippen molar-refractivity contribution in [2.75, 3.05) is 18.2 Å². The molecule has 2 aromatic rings. The number of carbonyl (C=O) groups excluding carboxylic acids is 1. The number of H-pyrrole nitrogens is 1. The summed E-state index contributed by atoms with van der Waals surface area (Å²) in [7, 11) is 1.53. The van der Waals surface area contributed by atoms with Crippen LogP contribution >= 0.6 is 23.4 Å². The van der Waals surface area contributed by atoms with E-state index in [4.69, 9.17) is 16.3 Å². The molecule has 8 heteroatoms. The van der Waals surface area contributed by atoms with Gasteiger partial charge in [-0.05, 0) is 18.6 Å². The molecule has 0 spiro atoms. The molecule has 0 saturated carbocycles. The summed E-state index contributed by atoms with van der Waals surface area (Å²) in [6, 6.07) is 3.47. The van der Waals surface area contributed by atoms with E-state index in [1.165, 1.54) is 18.9 Å². The van der Waals surface area contributed by atoms with Gasteiger partial charge in [-0.3, -0.25) is 9.89 Å². The predicted octanol–water partition coefficient (Wildman–Crippen LogP) is 3.63. The van der Waals surface area contributed by atoms with Gasteiger partial charge in [0, 0.05) is 17.0 Å². The number of aromatic amines is 1. The quantitative estimate of drug-likeness (QED) is 0.774. The monoisotopic (exact) mass is 354 g/mol. The lowest BCUT2D eigenvalue weighted by Gasteiger charge is -2.11. The van der Waals surface area contributed by atoms with E-state index >= 15 is 0 Å². The molecule has 0 saturated heterocycles. The molecule has 2 N–H and O–H groups in total. The number of hydrogen-bond donors (Lipinski definition) is 2. The Labute approximate surface area is 144 Å². The van der Waals surface area contributed by atoms with Crippen LogP contribution in [-0.2, 0) is 4.79 Å². The molecular weight excluding hydrogens is 336 g/mol. The predicted molar refractivity (Wildman–Crippen MR) is 92.6 cm³/mol. The van der Waals surface area contributed by atoms with Crippen LogP contribution in [0.1, 0.15) is 31.2 Å². The van der Waals surface area contributed by atoms with Crippen molar-refractivity contribution in [1.82, 2.24) is 15.2 Å². The van der Waals surface area contributed by atoms with Crippen molar-refractivity contribution in [3.8, 4) is 5.75 Å². The van der Waals surface area contributed by atoms with E-state index < -0.39 is 0 Å². The number of methoxy groups -OCH3 is 1. The number of amides is 1. The highest BCUT2D eigenvalue weighted by molar-refractivity contribution is 7.99. The molecule has 0 radical (unpaired) electrons. The normalized spacial score (nSPS) is 10.9. The topological polar surface area (TPSA) is 79.9 Å². The van der Waals surface area contributed by atoms with Crippen LogP contribution in [0.2, 0.25) is 5.02 Å². The van der Waals surface area contributed by atoms with Crippen LogP contribution in [-0.4, -0.2) is 34.0 Å². The summed E-state index contributed by atoms with van der Waals surface area (Å²) in [4.78, 5) is 16.4. The Hall–Kier alpha value is -1.73. The summed E-state index contributed by atoms with van der Waals surface area (Å²) in [6.07, 6.45) is 0. The number of nitrogens with zero attached hydrogens (tertiary/aromatic N) is 2. The summed E-state index contributed by atoms with van der Waals surface area (Å²) < 4.78 is 5.24. The minimum absolute atomic E-state index is 0.161. The minimum Gasteiger partial charge on any atom is -0.495 e. The van der Waals surface area contributed by atoms with Gasteiger partial charge in [0.25, 0.3) is 0 Å². The maximum Gasteiger partial charge on any atom is 0.234 e. The molecule has 0 aliphatic rings. The molecule has 23 heavy (non-hydrogen) atoms. The third kappa shape index (κ3) is 4.62. The zero-order valence-corrected chi connectivity index (χ0v) is 15.0. The molecule has 1 aromatic heterocycles. The van der Waals surface area contributed by atoms with Crippen molar-refractivity contribution < 1.29 is 9.53 Å². The van der Waals surface area contributed by atoms with E-state index in [0.29, 0.717) is 21.6 Å². The SMILES string of the molecule is COc1cc(Cl)c(C)cc1NC(=O)CSc1n[nH]c(C(C)C)n1. The highest BCUT2D eigenvalue weighted by atomic mass is 35.5. The zero-order chi connectivity index (χ0) is 17.0. The van der Waals surface area contributed by atoms with Crippen molar-refractivity contribution in [2.24, 2.45) is 0 Å². The molecule has 124 valence electrons. The van der Waals surface area contributed by atoms with E-state index in [0.717, 1.165) is 11.4 Å². The van der Waals surface area contributed by atoms with Crippen molar-refractivity contribution in [2.45, 2.75) is 31.8 Å². The lowest BCUT2D eigenvalue weighted by Crippen LogP contribution is -2.15. The third-order valence-electron chi connectivity index (χ3n) is 3.12. The Morgan fingerprint density at radius 3 is 2.83 bits per heavy atom. The largest absolute Gasteiger partial charge is 0.495 e. The summed E-state index contributed by atoms with van der Waals surface area (Å²) in [5, 5.41) is 10.9. The van der Waals surface area contributed by atoms with Gasteiger partial charge in [-0.25, -0.2) is 4.98 Å². The molecule has 0 atom stereocenters. The number of thioether (sulfide) groups is 1. The maximum absolute atomic E-state index is 12.1. The van der Waals surface area contributed by atoms with Crippen molar-refractivity contribution in [3.63, 3.8) is 0 Å². The van der Waals surface area contributed by atoms with Gasteiger partial charge < -0.3 is 10.1 Å². The first-order valence-electron chi connectivity index (χ1n) is 7.09. The number of hydrogen-bond acceptors (Lipinski definition) is 5. The van der Waals surface area contributed by atoms with Crippen LogP contribution in [0.5, 0.6) is 5.75 Å². The molecule has 0 fully saturated rings. The van der Waals surface area contributed by atoms with Crippen molar-refractivity contribution >= 4 is 35.0 Å². The van der Waals surface area contributed by atoms with Gasteiger partial charge >= 0.3 is 0 Å². The van der Waals surface area contributed by atoms with Crippen LogP contribution in [0.15, 0.2) is 17.3 Å². The fourth-order valence-electron chi connectivity index (χ4n) is 1.83. The average molecular weight is 355 g/mol. The number of ether oxygens (including phenoxy) is 1. The standard InChI is InChI=1S/C15H19ClN4O2S/c1-8(2)14-18-15(20-19-14)23-7-13(21)17-11-5-9(3)10(16)6-12(11)22-4/h5-6,8H,7H2,1-4H3,(H,17,21)(H,18,19,20). The highest BCUT2D eigenvalue weighted by Gasteiger charge is 2.13. The number of benzene rings is 1. The van der Waals surface area contributed by atoms with E-state index in [1.54, 1.807) is 12.1 Å². The number of halogens is 1. The van der Waals surface area contributed by atoms with Crippen molar-refractivity contribution in [1.29, 1.82) is 0 Å². The Morgan fingerprint density at radius 1 is 1.48 bits per heavy atom. The van der Waals surface area contributed by atoms with E-state index in [2.05, 4.69) is 20.5 Å². The lowest BCUT2D eigenvalue weighted by molar-refractivity contribution is -0.113. The molecule has 1 amide bonds. The van der Waals surface area contributed by atoms with E-state index in [1.807, 2.05) is 20.8 Å². The first-order valence-corrected chi connectivity index (χ1v) is 8.46. The number of anilines is 1. The number of nitrogens with one attached hydrogen (secondary N) is 2. The molecule has 0 aliphatic heterocycles. The number of rotatable bonds is 6. The molecule has 0 aliphatic carbocycles. The van der Waals surface area contributed by atoms with Crippen LogP contribution in [0.25, 0.3) is 0 Å². The zero-order valence-electron chi connectivity index (χ0n) is 13.4. The van der Waals surface area contributed by atoms with Crippen LogP contribution in [0.4, 0.5) is 5.69 Å². The second-order valence-corrected chi connectivity index (χ2v) is 6.65. The maximum atomic E-state index is 12.1. The first-order chi connectivity index (χ1) is 10.9. The average Bonchev–Trinajstić information content (AvgIpc) is 2.98. The smallest absolute Gasteiger partial charge is 0.234 e. The molecule has 6 nitrogen and oxygen atoms in total. The fraction of sp³-hybridized carbons (Fsp3) is 0.400. The molecular formula is C15H19ClN4O2S. The van der Waals surface area contributed by atoms with Gasteiger partial charge in [-0.1, -0.05) is 37.2 Å². The van der Waals surface area contributed by atoms with Crippen molar-refractivity contribution in [3.05, 3.63) is 28.5 Å². The summed E-state index contributed by atoms with van der Waals surface area (Å²) in [5.74, 6) is 1.65. The van der Waals surface area contributed by atoms with Crippen LogP contribution in [0.3, 0.4) is 0 Å². The van der Waals surface area contributed by atoms with Gasteiger partial charge in [0.1, 0.15) is 11.6 Å². The second-order valence-electron chi connectivity index (χ2n) is 5.30. The van der Waals surface area contributed by atoms with E-state index in [9.17, 15) is 4.79 Å². The van der Waals surface area contributed by atoms with Gasteiger partial charge in [0.05, 0.1) is 18.6 Å². The van der Waals surface area contributed by atoms with Crippen LogP contribution < -0.4 is 10.1 Å². The summed E-state index contributed by atoms with van der Waals surface area (Å²) >= 11 is 7.33. The van der Waals surface area contributed by atoms with Gasteiger partial charge in [-0.2, -0.15) is 0 Å². The van der Waals surface area contributed by atoms with Gasteiger partial charge in [-0.15, -0.1) is 5.10 Å². The molecule has 1 aromatic carbocycles. The Balaban J connectivity index is 1.98. The second kappa shape index (κ2) is 7.70. The summed E-state index contributed by atoms with van der Waals surface area (Å²) in [6.45, 7) is 5.92. The first kappa shape index (κ1) is 17.6. The molecule has 1 heterocycles.